The molecule has 102 valence electrons. The highest BCUT2D eigenvalue weighted by atomic mass is 19.1. The fourth-order valence-electron chi connectivity index (χ4n) is 2.38. The van der Waals surface area contributed by atoms with E-state index in [-0.39, 0.29) is 5.69 Å². The van der Waals surface area contributed by atoms with Crippen LogP contribution in [0.2, 0.25) is 0 Å². The molecule has 1 aliphatic rings. The molecule has 0 unspecified atom stereocenters. The molecule has 1 heterocycles. The molecule has 1 aromatic rings. The van der Waals surface area contributed by atoms with Crippen molar-refractivity contribution >= 4 is 11.9 Å². The van der Waals surface area contributed by atoms with Crippen LogP contribution < -0.4 is 5.32 Å². The van der Waals surface area contributed by atoms with Crippen LogP contribution in [0.3, 0.4) is 0 Å². The zero-order valence-corrected chi connectivity index (χ0v) is 10.4. The van der Waals surface area contributed by atoms with E-state index in [1.54, 1.807) is 0 Å². The average Bonchev–Trinajstić information content (AvgIpc) is 2.40. The summed E-state index contributed by atoms with van der Waals surface area (Å²) in [6.07, 6.45) is 4.44. The van der Waals surface area contributed by atoms with Crippen LogP contribution in [-0.4, -0.2) is 27.5 Å². The molecule has 0 spiro atoms. The molecule has 0 radical (unpaired) electrons. The number of hydrogen-bond acceptors (Lipinski definition) is 3. The molecule has 1 aliphatic carbocycles. The van der Waals surface area contributed by atoms with Crippen molar-refractivity contribution in [3.8, 4) is 0 Å². The first kappa shape index (κ1) is 13.5. The van der Waals surface area contributed by atoms with Gasteiger partial charge < -0.3 is 10.4 Å². The first-order valence-corrected chi connectivity index (χ1v) is 6.22. The topological polar surface area (TPSA) is 79.3 Å². The zero-order chi connectivity index (χ0) is 13.9. The molecule has 0 saturated heterocycles. The van der Waals surface area contributed by atoms with E-state index in [4.69, 9.17) is 0 Å². The van der Waals surface area contributed by atoms with E-state index >= 15 is 0 Å². The summed E-state index contributed by atoms with van der Waals surface area (Å²) in [4.78, 5) is 27.0. The maximum Gasteiger partial charge on any atom is 0.329 e. The number of carboxylic acids is 1. The molecule has 1 saturated carbocycles. The molecule has 0 aliphatic heterocycles. The predicted octanol–water partition coefficient (Wildman–Crippen LogP) is 1.74. The number of carbonyl (C=O) groups is 2. The van der Waals surface area contributed by atoms with Crippen LogP contribution >= 0.6 is 0 Å². The second-order valence-electron chi connectivity index (χ2n) is 4.74. The second-order valence-corrected chi connectivity index (χ2v) is 4.74. The van der Waals surface area contributed by atoms with Gasteiger partial charge in [-0.2, -0.15) is 0 Å². The van der Waals surface area contributed by atoms with E-state index in [1.807, 2.05) is 0 Å². The van der Waals surface area contributed by atoms with Crippen LogP contribution in [0, 0.1) is 5.82 Å². The Labute approximate surface area is 109 Å². The van der Waals surface area contributed by atoms with Crippen molar-refractivity contribution in [1.82, 2.24) is 10.3 Å². The number of nitrogens with zero attached hydrogens (tertiary/aromatic N) is 1. The number of hydrogen-bond donors (Lipinski definition) is 2. The van der Waals surface area contributed by atoms with E-state index in [2.05, 4.69) is 10.3 Å². The van der Waals surface area contributed by atoms with Crippen molar-refractivity contribution < 1.29 is 19.1 Å². The Morgan fingerprint density at radius 3 is 2.58 bits per heavy atom. The van der Waals surface area contributed by atoms with Gasteiger partial charge in [0.05, 0.1) is 0 Å². The summed E-state index contributed by atoms with van der Waals surface area (Å²) in [5.41, 5.74) is -1.66. The van der Waals surface area contributed by atoms with Crippen LogP contribution in [-0.2, 0) is 4.79 Å². The smallest absolute Gasteiger partial charge is 0.329 e. The van der Waals surface area contributed by atoms with Gasteiger partial charge in [-0.3, -0.25) is 4.79 Å². The lowest BCUT2D eigenvalue weighted by atomic mass is 9.81. The minimum Gasteiger partial charge on any atom is -0.480 e. The summed E-state index contributed by atoms with van der Waals surface area (Å²) in [5.74, 6) is -2.60. The van der Waals surface area contributed by atoms with Gasteiger partial charge >= 0.3 is 5.97 Å². The number of nitrogens with one attached hydrogen (secondary N) is 1. The Morgan fingerprint density at radius 1 is 1.32 bits per heavy atom. The minimum absolute atomic E-state index is 0.364. The molecule has 0 aromatic carbocycles. The Kier molecular flexibility index (Phi) is 3.78. The largest absolute Gasteiger partial charge is 0.480 e. The molecule has 19 heavy (non-hydrogen) atoms. The van der Waals surface area contributed by atoms with Crippen LogP contribution in [0.25, 0.3) is 0 Å². The monoisotopic (exact) mass is 266 g/mol. The number of carbonyl (C=O) groups excluding carboxylic acids is 1. The summed E-state index contributed by atoms with van der Waals surface area (Å²) in [7, 11) is 0. The number of pyridine rings is 1. The number of carboxylic acid groups (broad SMARTS) is 1. The molecule has 1 fully saturated rings. The second kappa shape index (κ2) is 5.34. The number of aliphatic carboxylic acids is 1. The van der Waals surface area contributed by atoms with Crippen molar-refractivity contribution in [2.24, 2.45) is 0 Å². The average molecular weight is 266 g/mol. The highest BCUT2D eigenvalue weighted by molar-refractivity contribution is 5.96. The molecule has 5 nitrogen and oxygen atoms in total. The lowest BCUT2D eigenvalue weighted by Gasteiger charge is -2.33. The van der Waals surface area contributed by atoms with Gasteiger partial charge in [0.1, 0.15) is 5.54 Å². The SMILES string of the molecule is O=C(NC1(C(=O)O)CCCCC1)c1ncccc1F. The van der Waals surface area contributed by atoms with Gasteiger partial charge in [0.2, 0.25) is 0 Å². The number of aromatic nitrogens is 1. The molecule has 2 N–H and O–H groups in total. The lowest BCUT2D eigenvalue weighted by Crippen LogP contribution is -2.55. The van der Waals surface area contributed by atoms with Gasteiger partial charge in [-0.15, -0.1) is 0 Å². The molecule has 1 aromatic heterocycles. The standard InChI is InChI=1S/C13H15FN2O3/c14-9-5-4-8-15-10(9)11(17)16-13(12(18)19)6-2-1-3-7-13/h4-5,8H,1-3,6-7H2,(H,16,17)(H,18,19). The van der Waals surface area contributed by atoms with Gasteiger partial charge in [-0.25, -0.2) is 14.2 Å². The lowest BCUT2D eigenvalue weighted by molar-refractivity contribution is -0.145. The third-order valence-electron chi connectivity index (χ3n) is 3.44. The Morgan fingerprint density at radius 2 is 2.00 bits per heavy atom. The number of rotatable bonds is 3. The summed E-state index contributed by atoms with van der Waals surface area (Å²) in [6.45, 7) is 0. The molecule has 1 amide bonds. The predicted molar refractivity (Wildman–Crippen MR) is 65.1 cm³/mol. The Bertz CT molecular complexity index is 498. The normalized spacial score (nSPS) is 17.7. The van der Waals surface area contributed by atoms with Crippen molar-refractivity contribution in [2.75, 3.05) is 0 Å². The fraction of sp³-hybridized carbons (Fsp3) is 0.462. The van der Waals surface area contributed by atoms with Gasteiger partial charge in [0.25, 0.3) is 5.91 Å². The van der Waals surface area contributed by atoms with Crippen molar-refractivity contribution in [1.29, 1.82) is 0 Å². The molecule has 0 bridgehead atoms. The number of amides is 1. The summed E-state index contributed by atoms with van der Waals surface area (Å²) >= 11 is 0. The Balaban J connectivity index is 2.20. The number of halogens is 1. The maximum atomic E-state index is 13.4. The van der Waals surface area contributed by atoms with Crippen LogP contribution in [0.5, 0.6) is 0 Å². The van der Waals surface area contributed by atoms with Crippen molar-refractivity contribution in [3.05, 3.63) is 29.8 Å². The van der Waals surface area contributed by atoms with Gasteiger partial charge in [-0.05, 0) is 25.0 Å². The van der Waals surface area contributed by atoms with E-state index in [1.165, 1.54) is 12.3 Å². The third kappa shape index (κ3) is 2.72. The van der Waals surface area contributed by atoms with Crippen LogP contribution in [0.15, 0.2) is 18.3 Å². The van der Waals surface area contributed by atoms with Gasteiger partial charge in [0, 0.05) is 6.20 Å². The van der Waals surface area contributed by atoms with Gasteiger partial charge in [-0.1, -0.05) is 19.3 Å². The Hall–Kier alpha value is -1.98. The summed E-state index contributed by atoms with van der Waals surface area (Å²) in [6, 6.07) is 2.50. The highest BCUT2D eigenvalue weighted by Gasteiger charge is 2.41. The maximum absolute atomic E-state index is 13.4. The molecule has 0 atom stereocenters. The molecular formula is C13H15FN2O3. The molecule has 6 heteroatoms. The van der Waals surface area contributed by atoms with E-state index in [0.29, 0.717) is 12.8 Å². The minimum atomic E-state index is -1.29. The molecule has 2 rings (SSSR count). The summed E-state index contributed by atoms with van der Waals surface area (Å²) in [5, 5.41) is 11.8. The first-order chi connectivity index (χ1) is 9.05. The van der Waals surface area contributed by atoms with Crippen molar-refractivity contribution in [3.63, 3.8) is 0 Å². The summed E-state index contributed by atoms with van der Waals surface area (Å²) < 4.78 is 13.4. The first-order valence-electron chi connectivity index (χ1n) is 6.22. The van der Waals surface area contributed by atoms with E-state index in [9.17, 15) is 19.1 Å². The quantitative estimate of drug-likeness (QED) is 0.873. The third-order valence-corrected chi connectivity index (χ3v) is 3.44. The van der Waals surface area contributed by atoms with E-state index in [0.717, 1.165) is 25.3 Å². The fourth-order valence-corrected chi connectivity index (χ4v) is 2.38. The van der Waals surface area contributed by atoms with E-state index < -0.39 is 23.2 Å². The van der Waals surface area contributed by atoms with Crippen LogP contribution in [0.1, 0.15) is 42.6 Å². The van der Waals surface area contributed by atoms with Gasteiger partial charge in [0.15, 0.2) is 11.5 Å². The zero-order valence-electron chi connectivity index (χ0n) is 10.4. The molecular weight excluding hydrogens is 251 g/mol. The van der Waals surface area contributed by atoms with Crippen LogP contribution in [0.4, 0.5) is 4.39 Å². The highest BCUT2D eigenvalue weighted by Crippen LogP contribution is 2.28. The van der Waals surface area contributed by atoms with Crippen molar-refractivity contribution in [2.45, 2.75) is 37.6 Å².